The van der Waals surface area contributed by atoms with E-state index >= 15 is 0 Å². The van der Waals surface area contributed by atoms with Crippen molar-refractivity contribution >= 4 is 37.8 Å². The lowest BCUT2D eigenvalue weighted by atomic mass is 10.2. The van der Waals surface area contributed by atoms with E-state index < -0.39 is 0 Å². The average molecular weight is 373 g/mol. The molecule has 18 heavy (non-hydrogen) atoms. The molecule has 1 aromatic heterocycles. The molecule has 2 rings (SSSR count). The number of halogens is 2. The number of aryl methyl sites for hydroxylation is 1. The van der Waals surface area contributed by atoms with Crippen molar-refractivity contribution in [3.8, 4) is 0 Å². The van der Waals surface area contributed by atoms with Gasteiger partial charge in [0.2, 0.25) is 0 Å². The number of benzene rings is 1. The number of aromatic nitrogens is 2. The van der Waals surface area contributed by atoms with Crippen LogP contribution in [0, 0.1) is 0 Å². The van der Waals surface area contributed by atoms with Crippen molar-refractivity contribution in [2.24, 2.45) is 7.05 Å². The van der Waals surface area contributed by atoms with Gasteiger partial charge >= 0.3 is 0 Å². The van der Waals surface area contributed by atoms with E-state index in [1.807, 2.05) is 19.2 Å². The van der Waals surface area contributed by atoms with E-state index in [-0.39, 0.29) is 5.91 Å². The maximum absolute atomic E-state index is 11.9. The van der Waals surface area contributed by atoms with Crippen molar-refractivity contribution < 1.29 is 4.79 Å². The Kier molecular flexibility index (Phi) is 4.19. The minimum atomic E-state index is -0.107. The van der Waals surface area contributed by atoms with Gasteiger partial charge in [-0.15, -0.1) is 0 Å². The summed E-state index contributed by atoms with van der Waals surface area (Å²) < 4.78 is 3.50. The third kappa shape index (κ3) is 3.00. The number of nitrogens with one attached hydrogen (secondary N) is 1. The molecule has 94 valence electrons. The number of amides is 1. The average Bonchev–Trinajstić information content (AvgIpc) is 2.66. The summed E-state index contributed by atoms with van der Waals surface area (Å²) in [5, 5.41) is 6.95. The van der Waals surface area contributed by atoms with Gasteiger partial charge in [0.25, 0.3) is 5.91 Å². The van der Waals surface area contributed by atoms with Gasteiger partial charge in [-0.05, 0) is 34.1 Å². The largest absolute Gasteiger partial charge is 0.346 e. The van der Waals surface area contributed by atoms with Crippen molar-refractivity contribution in [3.05, 3.63) is 50.7 Å². The Morgan fingerprint density at radius 1 is 1.44 bits per heavy atom. The molecule has 0 saturated carbocycles. The molecule has 1 amide bonds. The number of carbonyl (C=O) groups is 1. The molecule has 0 unspecified atom stereocenters. The third-order valence-corrected chi connectivity index (χ3v) is 3.67. The molecule has 0 fully saturated rings. The highest BCUT2D eigenvalue weighted by atomic mass is 79.9. The minimum Gasteiger partial charge on any atom is -0.346 e. The lowest BCUT2D eigenvalue weighted by molar-refractivity contribution is 0.0950. The molecule has 1 aromatic carbocycles. The molecule has 0 spiro atoms. The lowest BCUT2D eigenvalue weighted by Crippen LogP contribution is -2.24. The van der Waals surface area contributed by atoms with Gasteiger partial charge in [-0.3, -0.25) is 9.48 Å². The van der Waals surface area contributed by atoms with Crippen LogP contribution in [-0.2, 0) is 13.6 Å². The van der Waals surface area contributed by atoms with Gasteiger partial charge in [0.15, 0.2) is 0 Å². The van der Waals surface area contributed by atoms with E-state index in [4.69, 9.17) is 0 Å². The van der Waals surface area contributed by atoms with Crippen LogP contribution in [0.2, 0.25) is 0 Å². The van der Waals surface area contributed by atoms with Crippen molar-refractivity contribution in [2.45, 2.75) is 6.54 Å². The Morgan fingerprint density at radius 2 is 2.22 bits per heavy atom. The Balaban J connectivity index is 2.05. The Morgan fingerprint density at radius 3 is 2.83 bits per heavy atom. The third-order valence-electron chi connectivity index (χ3n) is 2.51. The molecule has 1 heterocycles. The standard InChI is InChI=1S/C12H11Br2N3O/c1-17-11(10(14)6-16-17)7-15-12(18)8-3-2-4-9(13)5-8/h2-6H,7H2,1H3,(H,15,18). The zero-order valence-electron chi connectivity index (χ0n) is 9.65. The molecule has 0 aliphatic heterocycles. The molecule has 6 heteroatoms. The summed E-state index contributed by atoms with van der Waals surface area (Å²) in [5.41, 5.74) is 1.56. The summed E-state index contributed by atoms with van der Waals surface area (Å²) in [6, 6.07) is 7.28. The zero-order valence-corrected chi connectivity index (χ0v) is 12.8. The summed E-state index contributed by atoms with van der Waals surface area (Å²) in [4.78, 5) is 11.9. The van der Waals surface area contributed by atoms with Gasteiger partial charge in [-0.25, -0.2) is 0 Å². The van der Waals surface area contributed by atoms with Crippen LogP contribution >= 0.6 is 31.9 Å². The molecule has 0 aliphatic rings. The predicted molar refractivity (Wildman–Crippen MR) is 76.2 cm³/mol. The highest BCUT2D eigenvalue weighted by molar-refractivity contribution is 9.10. The highest BCUT2D eigenvalue weighted by Crippen LogP contribution is 2.15. The first-order valence-corrected chi connectivity index (χ1v) is 6.86. The van der Waals surface area contributed by atoms with Crippen LogP contribution in [0.25, 0.3) is 0 Å². The van der Waals surface area contributed by atoms with E-state index in [0.29, 0.717) is 12.1 Å². The fourth-order valence-electron chi connectivity index (χ4n) is 1.53. The number of hydrogen-bond acceptors (Lipinski definition) is 2. The molecule has 0 atom stereocenters. The van der Waals surface area contributed by atoms with Gasteiger partial charge < -0.3 is 5.32 Å². The fraction of sp³-hybridized carbons (Fsp3) is 0.167. The van der Waals surface area contributed by atoms with E-state index in [1.54, 1.807) is 23.0 Å². The molecule has 0 bridgehead atoms. The number of hydrogen-bond donors (Lipinski definition) is 1. The monoisotopic (exact) mass is 371 g/mol. The molecular formula is C12H11Br2N3O. The van der Waals surface area contributed by atoms with Crippen LogP contribution in [-0.4, -0.2) is 15.7 Å². The fourth-order valence-corrected chi connectivity index (χ4v) is 2.42. The van der Waals surface area contributed by atoms with Crippen LogP contribution in [0.15, 0.2) is 39.4 Å². The Labute approximate surface area is 122 Å². The second-order valence-electron chi connectivity index (χ2n) is 3.76. The summed E-state index contributed by atoms with van der Waals surface area (Å²) in [6.07, 6.45) is 1.71. The summed E-state index contributed by atoms with van der Waals surface area (Å²) in [7, 11) is 1.84. The molecule has 1 N–H and O–H groups in total. The minimum absolute atomic E-state index is 0.107. The summed E-state index contributed by atoms with van der Waals surface area (Å²) >= 11 is 6.73. The maximum Gasteiger partial charge on any atom is 0.251 e. The molecule has 0 saturated heterocycles. The highest BCUT2D eigenvalue weighted by Gasteiger charge is 2.09. The molecule has 0 aliphatic carbocycles. The maximum atomic E-state index is 11.9. The van der Waals surface area contributed by atoms with E-state index in [9.17, 15) is 4.79 Å². The number of nitrogens with zero attached hydrogens (tertiary/aromatic N) is 2. The SMILES string of the molecule is Cn1ncc(Br)c1CNC(=O)c1cccc(Br)c1. The van der Waals surface area contributed by atoms with E-state index in [0.717, 1.165) is 14.6 Å². The Hall–Kier alpha value is -1.14. The van der Waals surface area contributed by atoms with Crippen molar-refractivity contribution in [2.75, 3.05) is 0 Å². The first kappa shape index (κ1) is 13.3. The number of carbonyl (C=O) groups excluding carboxylic acids is 1. The first-order valence-electron chi connectivity index (χ1n) is 5.28. The smallest absolute Gasteiger partial charge is 0.251 e. The predicted octanol–water partition coefficient (Wildman–Crippen LogP) is 2.88. The lowest BCUT2D eigenvalue weighted by Gasteiger charge is -2.06. The van der Waals surface area contributed by atoms with Crippen LogP contribution in [0.4, 0.5) is 0 Å². The molecular weight excluding hydrogens is 362 g/mol. The van der Waals surface area contributed by atoms with Crippen molar-refractivity contribution in [1.82, 2.24) is 15.1 Å². The zero-order chi connectivity index (χ0) is 13.1. The van der Waals surface area contributed by atoms with Crippen LogP contribution in [0.3, 0.4) is 0 Å². The van der Waals surface area contributed by atoms with E-state index in [2.05, 4.69) is 42.3 Å². The molecule has 4 nitrogen and oxygen atoms in total. The topological polar surface area (TPSA) is 46.9 Å². The van der Waals surface area contributed by atoms with Crippen molar-refractivity contribution in [3.63, 3.8) is 0 Å². The number of rotatable bonds is 3. The van der Waals surface area contributed by atoms with Gasteiger partial charge in [-0.1, -0.05) is 22.0 Å². The van der Waals surface area contributed by atoms with Crippen molar-refractivity contribution in [1.29, 1.82) is 0 Å². The van der Waals surface area contributed by atoms with Crippen LogP contribution in [0.1, 0.15) is 16.1 Å². The van der Waals surface area contributed by atoms with Gasteiger partial charge in [0.1, 0.15) is 0 Å². The second-order valence-corrected chi connectivity index (χ2v) is 5.53. The van der Waals surface area contributed by atoms with Gasteiger partial charge in [0, 0.05) is 17.1 Å². The van der Waals surface area contributed by atoms with Gasteiger partial charge in [-0.2, -0.15) is 5.10 Å². The van der Waals surface area contributed by atoms with E-state index in [1.165, 1.54) is 0 Å². The molecule has 0 radical (unpaired) electrons. The van der Waals surface area contributed by atoms with Crippen LogP contribution < -0.4 is 5.32 Å². The van der Waals surface area contributed by atoms with Gasteiger partial charge in [0.05, 0.1) is 22.9 Å². The Bertz CT molecular complexity index is 561. The second kappa shape index (κ2) is 5.67. The van der Waals surface area contributed by atoms with Crippen LogP contribution in [0.5, 0.6) is 0 Å². The molecule has 2 aromatic rings. The normalized spacial score (nSPS) is 10.4. The first-order chi connectivity index (χ1) is 8.58. The quantitative estimate of drug-likeness (QED) is 0.900. The summed E-state index contributed by atoms with van der Waals surface area (Å²) in [6.45, 7) is 0.433. The summed E-state index contributed by atoms with van der Waals surface area (Å²) in [5.74, 6) is -0.107.